The SMILES string of the molecule is CCC(Oc1cccc(CNCCC[N+]2(c3nc4ccccc4o3)C(=O)c3ccccc3C2=O)c1)C(=O)[O-]. The number of quaternary nitrogens is 1. The van der Waals surface area contributed by atoms with Crippen molar-refractivity contribution in [2.45, 2.75) is 32.4 Å². The number of carboxylic acids is 1. The van der Waals surface area contributed by atoms with E-state index >= 15 is 0 Å². The van der Waals surface area contributed by atoms with Crippen molar-refractivity contribution in [3.8, 4) is 5.75 Å². The van der Waals surface area contributed by atoms with Gasteiger partial charge in [-0.2, -0.15) is 4.98 Å². The summed E-state index contributed by atoms with van der Waals surface area (Å²) in [5.74, 6) is -1.49. The molecule has 1 atom stereocenters. The third-order valence-electron chi connectivity index (χ3n) is 6.68. The predicted molar refractivity (Wildman–Crippen MR) is 138 cm³/mol. The minimum absolute atomic E-state index is 0.0700. The molecule has 2 amide bonds. The molecule has 4 aromatic rings. The van der Waals surface area contributed by atoms with Crippen molar-refractivity contribution in [1.29, 1.82) is 0 Å². The smallest absolute Gasteiger partial charge is 0.421 e. The highest BCUT2D eigenvalue weighted by Crippen LogP contribution is 2.37. The first-order valence-corrected chi connectivity index (χ1v) is 12.5. The molecule has 0 saturated heterocycles. The monoisotopic (exact) mass is 513 g/mol. The van der Waals surface area contributed by atoms with Crippen LogP contribution in [0.4, 0.5) is 6.01 Å². The van der Waals surface area contributed by atoms with Gasteiger partial charge < -0.3 is 24.4 Å². The average molecular weight is 514 g/mol. The summed E-state index contributed by atoms with van der Waals surface area (Å²) in [5.41, 5.74) is 2.73. The van der Waals surface area contributed by atoms with E-state index in [1.807, 2.05) is 18.2 Å². The van der Waals surface area contributed by atoms with E-state index < -0.39 is 16.6 Å². The highest BCUT2D eigenvalue weighted by Gasteiger charge is 2.58. The molecule has 1 aliphatic rings. The van der Waals surface area contributed by atoms with Crippen LogP contribution in [0.15, 0.2) is 77.2 Å². The number of nitrogens with zero attached hydrogens (tertiary/aromatic N) is 2. The maximum absolute atomic E-state index is 13.7. The molecule has 0 aliphatic carbocycles. The summed E-state index contributed by atoms with van der Waals surface area (Å²) in [6.45, 7) is 2.90. The minimum atomic E-state index is -1.25. The zero-order valence-corrected chi connectivity index (χ0v) is 20.9. The summed E-state index contributed by atoms with van der Waals surface area (Å²) < 4.78 is 10.9. The second-order valence-electron chi connectivity index (χ2n) is 9.16. The van der Waals surface area contributed by atoms with Crippen molar-refractivity contribution < 1.29 is 28.6 Å². The van der Waals surface area contributed by atoms with Gasteiger partial charge in [0.15, 0.2) is 5.58 Å². The van der Waals surface area contributed by atoms with E-state index in [9.17, 15) is 19.5 Å². The molecule has 1 aromatic heterocycles. The predicted octanol–water partition coefficient (Wildman–Crippen LogP) is 3.22. The van der Waals surface area contributed by atoms with Crippen molar-refractivity contribution in [3.63, 3.8) is 0 Å². The molecule has 9 nitrogen and oxygen atoms in total. The van der Waals surface area contributed by atoms with Crippen LogP contribution in [0, 0.1) is 0 Å². The average Bonchev–Trinajstić information content (AvgIpc) is 3.46. The first-order valence-electron chi connectivity index (χ1n) is 12.5. The van der Waals surface area contributed by atoms with Gasteiger partial charge in [-0.05, 0) is 48.4 Å². The molecule has 1 N–H and O–H groups in total. The highest BCUT2D eigenvalue weighted by molar-refractivity contribution is 6.29. The Balaban J connectivity index is 1.29. The third kappa shape index (κ3) is 4.57. The van der Waals surface area contributed by atoms with E-state index in [0.717, 1.165) is 5.56 Å². The number of hydrogen-bond acceptors (Lipinski definition) is 8. The molecule has 0 radical (unpaired) electrons. The molecule has 9 heteroatoms. The van der Waals surface area contributed by atoms with E-state index in [2.05, 4.69) is 10.3 Å². The van der Waals surface area contributed by atoms with Crippen LogP contribution in [0.5, 0.6) is 5.75 Å². The minimum Gasteiger partial charge on any atom is -0.546 e. The molecular formula is C29H27N3O6. The van der Waals surface area contributed by atoms with Crippen LogP contribution in [0.1, 0.15) is 46.0 Å². The van der Waals surface area contributed by atoms with Gasteiger partial charge in [-0.1, -0.05) is 43.3 Å². The van der Waals surface area contributed by atoms with Crippen molar-refractivity contribution in [2.75, 3.05) is 13.1 Å². The molecule has 2 heterocycles. The second kappa shape index (κ2) is 10.6. The van der Waals surface area contributed by atoms with Gasteiger partial charge in [0.05, 0.1) is 17.1 Å². The molecule has 0 bridgehead atoms. The van der Waals surface area contributed by atoms with E-state index in [4.69, 9.17) is 9.15 Å². The molecule has 1 unspecified atom stereocenters. The lowest BCUT2D eigenvalue weighted by molar-refractivity contribution is -0.313. The molecule has 38 heavy (non-hydrogen) atoms. The summed E-state index contributed by atoms with van der Waals surface area (Å²) in [6.07, 6.45) is -0.223. The van der Waals surface area contributed by atoms with Crippen molar-refractivity contribution >= 4 is 34.9 Å². The van der Waals surface area contributed by atoms with Crippen LogP contribution in [0.3, 0.4) is 0 Å². The van der Waals surface area contributed by atoms with Gasteiger partial charge in [-0.3, -0.25) is 0 Å². The van der Waals surface area contributed by atoms with E-state index in [1.54, 1.807) is 61.5 Å². The van der Waals surface area contributed by atoms with Gasteiger partial charge in [-0.15, -0.1) is 4.48 Å². The summed E-state index contributed by atoms with van der Waals surface area (Å²) in [6, 6.07) is 21.2. The number of ether oxygens (including phenoxy) is 1. The number of hydrogen-bond donors (Lipinski definition) is 1. The van der Waals surface area contributed by atoms with E-state index in [0.29, 0.717) is 53.9 Å². The van der Waals surface area contributed by atoms with Gasteiger partial charge in [0, 0.05) is 19.5 Å². The number of para-hydroxylation sites is 2. The summed E-state index contributed by atoms with van der Waals surface area (Å²) >= 11 is 0. The van der Waals surface area contributed by atoms with Crippen LogP contribution in [-0.4, -0.2) is 42.0 Å². The first kappa shape index (κ1) is 25.3. The second-order valence-corrected chi connectivity index (χ2v) is 9.16. The number of amides is 2. The fourth-order valence-corrected chi connectivity index (χ4v) is 4.72. The highest BCUT2D eigenvalue weighted by atomic mass is 16.5. The van der Waals surface area contributed by atoms with Gasteiger partial charge >= 0.3 is 17.8 Å². The summed E-state index contributed by atoms with van der Waals surface area (Å²) in [4.78, 5) is 43.0. The molecule has 5 rings (SSSR count). The number of nitrogens with one attached hydrogen (secondary N) is 1. The molecule has 0 saturated carbocycles. The Hall–Kier alpha value is -4.34. The molecular weight excluding hydrogens is 486 g/mol. The lowest BCUT2D eigenvalue weighted by Gasteiger charge is -2.23. The fourth-order valence-electron chi connectivity index (χ4n) is 4.72. The van der Waals surface area contributed by atoms with Crippen molar-refractivity contribution in [3.05, 3.63) is 89.5 Å². The number of carboxylic acid groups (broad SMARTS) is 1. The van der Waals surface area contributed by atoms with Crippen LogP contribution in [0.25, 0.3) is 11.1 Å². The maximum atomic E-state index is 13.7. The van der Waals surface area contributed by atoms with Crippen molar-refractivity contribution in [1.82, 2.24) is 14.8 Å². The van der Waals surface area contributed by atoms with Crippen LogP contribution in [-0.2, 0) is 11.3 Å². The van der Waals surface area contributed by atoms with E-state index in [1.165, 1.54) is 0 Å². The number of imide groups is 1. The number of fused-ring (bicyclic) bond motifs is 2. The summed E-state index contributed by atoms with van der Waals surface area (Å²) in [5, 5.41) is 14.5. The van der Waals surface area contributed by atoms with Gasteiger partial charge in [-0.25, -0.2) is 9.59 Å². The number of oxazole rings is 1. The number of carbonyl (C=O) groups is 3. The van der Waals surface area contributed by atoms with Crippen molar-refractivity contribution in [2.24, 2.45) is 0 Å². The molecule has 194 valence electrons. The lowest BCUT2D eigenvalue weighted by atomic mass is 10.1. The zero-order valence-electron chi connectivity index (χ0n) is 20.9. The molecule has 0 spiro atoms. The number of aliphatic carboxylic acids is 1. The standard InChI is InChI=1S/C29H27N3O6/c1-2-24(28(35)36)37-20-10-7-9-19(17-20)18-30-15-8-16-32(29-31-23-13-5-6-14-25(23)38-29)26(33)21-11-3-4-12-22(21)27(32)34/h3-7,9-14,17,24,30H,2,8,15-16,18H2,1H3. The largest absolute Gasteiger partial charge is 0.546 e. The maximum Gasteiger partial charge on any atom is 0.421 e. The van der Waals surface area contributed by atoms with E-state index in [-0.39, 0.29) is 24.4 Å². The number of aromatic nitrogens is 1. The van der Waals surface area contributed by atoms with Gasteiger partial charge in [0.25, 0.3) is 0 Å². The molecule has 3 aromatic carbocycles. The van der Waals surface area contributed by atoms with Gasteiger partial charge in [0.2, 0.25) is 0 Å². The Bertz CT molecular complexity index is 1440. The quantitative estimate of drug-likeness (QED) is 0.184. The Morgan fingerprint density at radius 2 is 1.74 bits per heavy atom. The normalized spacial score (nSPS) is 15.0. The summed E-state index contributed by atoms with van der Waals surface area (Å²) in [7, 11) is 0. The Kier molecular flexibility index (Phi) is 7.04. The third-order valence-corrected chi connectivity index (χ3v) is 6.68. The molecule has 1 aliphatic heterocycles. The number of benzene rings is 3. The topological polar surface area (TPSA) is 122 Å². The Morgan fingerprint density at radius 1 is 1.03 bits per heavy atom. The zero-order chi connectivity index (χ0) is 26.7. The van der Waals surface area contributed by atoms with Crippen LogP contribution < -0.4 is 19.6 Å². The van der Waals surface area contributed by atoms with Crippen LogP contribution in [0.2, 0.25) is 0 Å². The number of carbonyl (C=O) groups excluding carboxylic acids is 3. The Labute approximate surface area is 219 Å². The van der Waals surface area contributed by atoms with Gasteiger partial charge in [0.1, 0.15) is 23.9 Å². The van der Waals surface area contributed by atoms with Crippen LogP contribution >= 0.6 is 0 Å². The number of rotatable bonds is 11. The fraction of sp³-hybridized carbons (Fsp3) is 0.241. The lowest BCUT2D eigenvalue weighted by Crippen LogP contribution is -2.55. The molecule has 0 fully saturated rings. The Morgan fingerprint density at radius 3 is 2.42 bits per heavy atom. The first-order chi connectivity index (χ1) is 18.4.